The minimum Gasteiger partial charge on any atom is -0.323 e. The van der Waals surface area contributed by atoms with Crippen LogP contribution in [0.4, 0.5) is 0 Å². The molecule has 0 saturated carbocycles. The van der Waals surface area contributed by atoms with Crippen LogP contribution in [0.2, 0.25) is 0 Å². The number of nitrogens with two attached hydrogens (primary N) is 1. The zero-order valence-electron chi connectivity index (χ0n) is 12.1. The zero-order chi connectivity index (χ0) is 13.9. The van der Waals surface area contributed by atoms with Crippen LogP contribution < -0.4 is 5.73 Å². The topological polar surface area (TPSA) is 43.1 Å². The Balaban J connectivity index is 2.79. The Morgan fingerprint density at radius 3 is 2.39 bits per heavy atom. The van der Waals surface area contributed by atoms with Crippen LogP contribution in [0.5, 0.6) is 0 Å². The Kier molecular flexibility index (Phi) is 5.54. The van der Waals surface area contributed by atoms with Crippen molar-refractivity contribution < 1.29 is 4.21 Å². The van der Waals surface area contributed by atoms with Crippen LogP contribution in [0.1, 0.15) is 43.5 Å². The third kappa shape index (κ3) is 3.92. The molecule has 3 unspecified atom stereocenters. The van der Waals surface area contributed by atoms with E-state index >= 15 is 0 Å². The molecule has 102 valence electrons. The molecule has 1 aromatic rings. The first-order chi connectivity index (χ1) is 8.32. The average Bonchev–Trinajstić information content (AvgIpc) is 2.30. The second-order valence-corrected chi connectivity index (χ2v) is 7.30. The third-order valence-electron chi connectivity index (χ3n) is 3.53. The molecule has 2 N–H and O–H groups in total. The van der Waals surface area contributed by atoms with Gasteiger partial charge in [-0.3, -0.25) is 4.21 Å². The van der Waals surface area contributed by atoms with Crippen molar-refractivity contribution in [1.29, 1.82) is 0 Å². The smallest absolute Gasteiger partial charge is 0.0431 e. The largest absolute Gasteiger partial charge is 0.323 e. The molecule has 0 fully saturated rings. The lowest BCUT2D eigenvalue weighted by molar-refractivity contribution is 0.601. The number of hydrogen-bond donors (Lipinski definition) is 1. The van der Waals surface area contributed by atoms with Crippen LogP contribution in [0.3, 0.4) is 0 Å². The van der Waals surface area contributed by atoms with Gasteiger partial charge in [0.25, 0.3) is 0 Å². The average molecular weight is 267 g/mol. The monoisotopic (exact) mass is 267 g/mol. The Labute approximate surface area is 113 Å². The molecule has 0 radical (unpaired) electrons. The van der Waals surface area contributed by atoms with E-state index in [0.717, 1.165) is 5.56 Å². The molecule has 0 heterocycles. The maximum atomic E-state index is 12.2. The first-order valence-electron chi connectivity index (χ1n) is 6.52. The van der Waals surface area contributed by atoms with Crippen molar-refractivity contribution >= 4 is 10.8 Å². The lowest BCUT2D eigenvalue weighted by atomic mass is 10.0. The van der Waals surface area contributed by atoms with Gasteiger partial charge in [-0.15, -0.1) is 0 Å². The summed E-state index contributed by atoms with van der Waals surface area (Å²) in [6.45, 7) is 10.4. The Morgan fingerprint density at radius 2 is 1.83 bits per heavy atom. The summed E-state index contributed by atoms with van der Waals surface area (Å²) in [5.41, 5.74) is 9.72. The molecule has 0 saturated heterocycles. The van der Waals surface area contributed by atoms with E-state index in [4.69, 9.17) is 5.73 Å². The van der Waals surface area contributed by atoms with Crippen molar-refractivity contribution in [1.82, 2.24) is 0 Å². The summed E-state index contributed by atoms with van der Waals surface area (Å²) >= 11 is 0. The standard InChI is InChI=1S/C15H25NOS/c1-10(2)13(5)18(17)9-15(16)14-8-11(3)6-7-12(14)4/h6-8,10,13,15H,9,16H2,1-5H3. The van der Waals surface area contributed by atoms with Gasteiger partial charge < -0.3 is 5.73 Å². The Hall–Kier alpha value is -0.670. The van der Waals surface area contributed by atoms with Gasteiger partial charge in [0.1, 0.15) is 0 Å². The van der Waals surface area contributed by atoms with E-state index < -0.39 is 10.8 Å². The quantitative estimate of drug-likeness (QED) is 0.891. The van der Waals surface area contributed by atoms with Crippen molar-refractivity contribution in [3.8, 4) is 0 Å². The maximum absolute atomic E-state index is 12.2. The van der Waals surface area contributed by atoms with Gasteiger partial charge in [0.15, 0.2) is 0 Å². The van der Waals surface area contributed by atoms with E-state index in [0.29, 0.717) is 11.7 Å². The molecule has 0 amide bonds. The van der Waals surface area contributed by atoms with Crippen LogP contribution in [0.15, 0.2) is 18.2 Å². The van der Waals surface area contributed by atoms with Gasteiger partial charge in [-0.05, 0) is 30.9 Å². The molecule has 0 aliphatic rings. The fraction of sp³-hybridized carbons (Fsp3) is 0.600. The molecule has 0 aliphatic heterocycles. The first kappa shape index (κ1) is 15.4. The molecule has 0 aliphatic carbocycles. The number of hydrogen-bond acceptors (Lipinski definition) is 2. The van der Waals surface area contributed by atoms with Crippen molar-refractivity contribution in [2.45, 2.75) is 45.9 Å². The number of benzene rings is 1. The van der Waals surface area contributed by atoms with Crippen molar-refractivity contribution in [3.05, 3.63) is 34.9 Å². The molecule has 1 aromatic carbocycles. The minimum absolute atomic E-state index is 0.132. The van der Waals surface area contributed by atoms with Gasteiger partial charge in [0.05, 0.1) is 0 Å². The molecule has 1 rings (SSSR count). The summed E-state index contributed by atoms with van der Waals surface area (Å²) in [5.74, 6) is 0.973. The molecular formula is C15H25NOS. The van der Waals surface area contributed by atoms with E-state index in [1.807, 2.05) is 6.92 Å². The van der Waals surface area contributed by atoms with E-state index in [9.17, 15) is 4.21 Å². The van der Waals surface area contributed by atoms with Crippen LogP contribution in [-0.2, 0) is 10.8 Å². The molecular weight excluding hydrogens is 242 g/mol. The molecule has 3 atom stereocenters. The Bertz CT molecular complexity index is 429. The zero-order valence-corrected chi connectivity index (χ0v) is 12.9. The molecule has 0 bridgehead atoms. The van der Waals surface area contributed by atoms with Crippen LogP contribution in [0, 0.1) is 19.8 Å². The van der Waals surface area contributed by atoms with Gasteiger partial charge in [0, 0.05) is 27.8 Å². The third-order valence-corrected chi connectivity index (χ3v) is 5.59. The highest BCUT2D eigenvalue weighted by Crippen LogP contribution is 2.20. The second kappa shape index (κ2) is 6.48. The second-order valence-electron chi connectivity index (χ2n) is 5.46. The summed E-state index contributed by atoms with van der Waals surface area (Å²) in [5, 5.41) is 0.196. The highest BCUT2D eigenvalue weighted by molar-refractivity contribution is 7.85. The fourth-order valence-corrected chi connectivity index (χ4v) is 3.33. The fourth-order valence-electron chi connectivity index (χ4n) is 1.88. The summed E-state index contributed by atoms with van der Waals surface area (Å²) in [6.07, 6.45) is 0. The first-order valence-corrected chi connectivity index (χ1v) is 7.91. The van der Waals surface area contributed by atoms with Crippen LogP contribution in [-0.4, -0.2) is 15.2 Å². The predicted molar refractivity (Wildman–Crippen MR) is 80.2 cm³/mol. The SMILES string of the molecule is Cc1ccc(C)c(C(N)CS(=O)C(C)C(C)C)c1. The Morgan fingerprint density at radius 1 is 1.22 bits per heavy atom. The number of aryl methyl sites for hydroxylation is 2. The lowest BCUT2D eigenvalue weighted by Crippen LogP contribution is -2.27. The van der Waals surface area contributed by atoms with Crippen molar-refractivity contribution in [2.24, 2.45) is 11.7 Å². The minimum atomic E-state index is -0.865. The van der Waals surface area contributed by atoms with E-state index in [2.05, 4.69) is 45.9 Å². The maximum Gasteiger partial charge on any atom is 0.0431 e. The predicted octanol–water partition coefficient (Wildman–Crippen LogP) is 3.10. The van der Waals surface area contributed by atoms with Gasteiger partial charge in [-0.2, -0.15) is 0 Å². The molecule has 18 heavy (non-hydrogen) atoms. The normalized spacial score (nSPS) is 16.6. The van der Waals surface area contributed by atoms with Gasteiger partial charge in [0.2, 0.25) is 0 Å². The van der Waals surface area contributed by atoms with E-state index in [-0.39, 0.29) is 11.3 Å². The van der Waals surface area contributed by atoms with Crippen LogP contribution >= 0.6 is 0 Å². The number of rotatable bonds is 5. The highest BCUT2D eigenvalue weighted by atomic mass is 32.2. The van der Waals surface area contributed by atoms with Gasteiger partial charge >= 0.3 is 0 Å². The molecule has 2 nitrogen and oxygen atoms in total. The summed E-state index contributed by atoms with van der Waals surface area (Å²) in [6, 6.07) is 6.14. The lowest BCUT2D eigenvalue weighted by Gasteiger charge is -2.20. The van der Waals surface area contributed by atoms with Crippen molar-refractivity contribution in [3.63, 3.8) is 0 Å². The molecule has 0 spiro atoms. The summed E-state index contributed by atoms with van der Waals surface area (Å²) in [7, 11) is -0.865. The van der Waals surface area contributed by atoms with E-state index in [1.165, 1.54) is 11.1 Å². The summed E-state index contributed by atoms with van der Waals surface area (Å²) < 4.78 is 12.2. The van der Waals surface area contributed by atoms with Gasteiger partial charge in [-0.1, -0.05) is 44.5 Å². The molecule has 3 heteroatoms. The molecule has 0 aromatic heterocycles. The van der Waals surface area contributed by atoms with E-state index in [1.54, 1.807) is 0 Å². The van der Waals surface area contributed by atoms with Gasteiger partial charge in [-0.25, -0.2) is 0 Å². The highest BCUT2D eigenvalue weighted by Gasteiger charge is 2.19. The van der Waals surface area contributed by atoms with Crippen molar-refractivity contribution in [2.75, 3.05) is 5.75 Å². The summed E-state index contributed by atoms with van der Waals surface area (Å²) in [4.78, 5) is 0. The van der Waals surface area contributed by atoms with Crippen LogP contribution in [0.25, 0.3) is 0 Å².